The Morgan fingerprint density at radius 3 is 2.48 bits per heavy atom. The summed E-state index contributed by atoms with van der Waals surface area (Å²) in [4.78, 5) is 39.6. The van der Waals surface area contributed by atoms with E-state index in [1.807, 2.05) is 13.8 Å². The van der Waals surface area contributed by atoms with Gasteiger partial charge in [0.25, 0.3) is 0 Å². The van der Waals surface area contributed by atoms with Crippen molar-refractivity contribution in [2.24, 2.45) is 11.8 Å². The van der Waals surface area contributed by atoms with Gasteiger partial charge in [-0.05, 0) is 38.3 Å². The van der Waals surface area contributed by atoms with Crippen molar-refractivity contribution in [2.45, 2.75) is 39.5 Å². The van der Waals surface area contributed by atoms with Crippen molar-refractivity contribution in [1.82, 2.24) is 15.1 Å². The van der Waals surface area contributed by atoms with Crippen molar-refractivity contribution in [1.29, 1.82) is 0 Å². The van der Waals surface area contributed by atoms with Crippen molar-refractivity contribution < 1.29 is 14.4 Å². The van der Waals surface area contributed by atoms with E-state index in [4.69, 9.17) is 0 Å². The second-order valence-corrected chi connectivity index (χ2v) is 6.20. The van der Waals surface area contributed by atoms with E-state index in [2.05, 4.69) is 10.2 Å². The molecule has 1 N–H and O–H groups in total. The first-order chi connectivity index (χ1) is 10.0. The Morgan fingerprint density at radius 1 is 1.19 bits per heavy atom. The van der Waals surface area contributed by atoms with Gasteiger partial charge in [0.1, 0.15) is 5.92 Å². The molecule has 2 aliphatic rings. The van der Waals surface area contributed by atoms with Crippen LogP contribution >= 0.6 is 0 Å². The lowest BCUT2D eigenvalue weighted by atomic mass is 9.98. The molecule has 2 rings (SSSR count). The van der Waals surface area contributed by atoms with Crippen LogP contribution in [0.2, 0.25) is 0 Å². The third-order valence-corrected chi connectivity index (χ3v) is 4.20. The van der Waals surface area contributed by atoms with Gasteiger partial charge in [-0.2, -0.15) is 0 Å². The van der Waals surface area contributed by atoms with E-state index >= 15 is 0 Å². The van der Waals surface area contributed by atoms with Crippen molar-refractivity contribution in [3.05, 3.63) is 0 Å². The molecule has 6 nitrogen and oxygen atoms in total. The second-order valence-electron chi connectivity index (χ2n) is 6.20. The van der Waals surface area contributed by atoms with E-state index in [9.17, 15) is 14.4 Å². The average Bonchev–Trinajstić information content (AvgIpc) is 2.92. The number of nitrogens with zero attached hydrogens (tertiary/aromatic N) is 2. The predicted molar refractivity (Wildman–Crippen MR) is 78.5 cm³/mol. The monoisotopic (exact) mass is 295 g/mol. The SMILES string of the molecule is CCCC1C(=O)NC(=O)N(CC(C)CN2CCCC2)C1=O. The lowest BCUT2D eigenvalue weighted by molar-refractivity contribution is -0.143. The van der Waals surface area contributed by atoms with Gasteiger partial charge >= 0.3 is 6.03 Å². The molecule has 2 heterocycles. The van der Waals surface area contributed by atoms with E-state index in [0.29, 0.717) is 13.0 Å². The highest BCUT2D eigenvalue weighted by Crippen LogP contribution is 2.18. The van der Waals surface area contributed by atoms with Crippen LogP contribution in [0, 0.1) is 11.8 Å². The van der Waals surface area contributed by atoms with Crippen LogP contribution in [0.15, 0.2) is 0 Å². The summed E-state index contributed by atoms with van der Waals surface area (Å²) in [7, 11) is 0. The van der Waals surface area contributed by atoms with Crippen molar-refractivity contribution >= 4 is 17.8 Å². The molecule has 0 spiro atoms. The molecule has 21 heavy (non-hydrogen) atoms. The summed E-state index contributed by atoms with van der Waals surface area (Å²) in [5.74, 6) is -1.27. The Morgan fingerprint density at radius 2 is 1.86 bits per heavy atom. The Kier molecular flexibility index (Phi) is 5.33. The summed E-state index contributed by atoms with van der Waals surface area (Å²) in [6, 6.07) is -0.564. The van der Waals surface area contributed by atoms with Crippen LogP contribution < -0.4 is 5.32 Å². The second kappa shape index (κ2) is 7.02. The number of nitrogens with one attached hydrogen (secondary N) is 1. The minimum atomic E-state index is -0.702. The van der Waals surface area contributed by atoms with Gasteiger partial charge < -0.3 is 4.90 Å². The van der Waals surface area contributed by atoms with Gasteiger partial charge in [0, 0.05) is 13.1 Å². The number of barbiturate groups is 1. The molecule has 0 bridgehead atoms. The normalized spacial score (nSPS) is 25.3. The summed E-state index contributed by atoms with van der Waals surface area (Å²) >= 11 is 0. The average molecular weight is 295 g/mol. The van der Waals surface area contributed by atoms with E-state index in [-0.39, 0.29) is 11.8 Å². The van der Waals surface area contributed by atoms with E-state index in [1.54, 1.807) is 0 Å². The minimum Gasteiger partial charge on any atom is -0.303 e. The Labute approximate surface area is 125 Å². The topological polar surface area (TPSA) is 69.7 Å². The minimum absolute atomic E-state index is 0.216. The maximum absolute atomic E-state index is 12.3. The zero-order valence-electron chi connectivity index (χ0n) is 12.9. The van der Waals surface area contributed by atoms with Gasteiger partial charge in [0.2, 0.25) is 11.8 Å². The molecule has 0 aromatic heterocycles. The van der Waals surface area contributed by atoms with Gasteiger partial charge in [-0.3, -0.25) is 19.8 Å². The Hall–Kier alpha value is -1.43. The van der Waals surface area contributed by atoms with Crippen LogP contribution in [0.25, 0.3) is 0 Å². The summed E-state index contributed by atoms with van der Waals surface area (Å²) in [5.41, 5.74) is 0. The number of urea groups is 1. The van der Waals surface area contributed by atoms with Gasteiger partial charge in [-0.1, -0.05) is 20.3 Å². The summed E-state index contributed by atoms with van der Waals surface area (Å²) in [6.45, 7) is 7.45. The molecule has 0 aliphatic carbocycles. The van der Waals surface area contributed by atoms with Gasteiger partial charge in [0.05, 0.1) is 0 Å². The van der Waals surface area contributed by atoms with E-state index in [0.717, 1.165) is 26.1 Å². The van der Waals surface area contributed by atoms with E-state index < -0.39 is 17.9 Å². The molecule has 2 atom stereocenters. The molecule has 0 saturated carbocycles. The van der Waals surface area contributed by atoms with Crippen molar-refractivity contribution in [3.63, 3.8) is 0 Å². The fraction of sp³-hybridized carbons (Fsp3) is 0.800. The standard InChI is InChI=1S/C15H25N3O3/c1-3-6-12-13(19)16-15(21)18(14(12)20)10-11(2)9-17-7-4-5-8-17/h11-12H,3-10H2,1-2H3,(H,16,19,21). The Balaban J connectivity index is 1.94. The zero-order valence-corrected chi connectivity index (χ0v) is 12.9. The zero-order chi connectivity index (χ0) is 15.4. The van der Waals surface area contributed by atoms with Crippen molar-refractivity contribution in [3.8, 4) is 0 Å². The van der Waals surface area contributed by atoms with Crippen LogP contribution in [0.1, 0.15) is 39.5 Å². The number of rotatable bonds is 6. The van der Waals surface area contributed by atoms with Crippen LogP contribution in [0.4, 0.5) is 4.79 Å². The number of amides is 4. The van der Waals surface area contributed by atoms with E-state index in [1.165, 1.54) is 17.7 Å². The first-order valence-electron chi connectivity index (χ1n) is 7.91. The molecule has 6 heteroatoms. The Bertz CT molecular complexity index is 418. The summed E-state index contributed by atoms with van der Waals surface area (Å²) < 4.78 is 0. The lowest BCUT2D eigenvalue weighted by Crippen LogP contribution is -2.59. The van der Waals surface area contributed by atoms with Crippen LogP contribution in [0.3, 0.4) is 0 Å². The molecule has 2 fully saturated rings. The number of hydrogen-bond acceptors (Lipinski definition) is 4. The van der Waals surface area contributed by atoms with Crippen LogP contribution in [-0.2, 0) is 9.59 Å². The van der Waals surface area contributed by atoms with Gasteiger partial charge in [-0.25, -0.2) is 4.79 Å². The van der Waals surface area contributed by atoms with Crippen LogP contribution in [-0.4, -0.2) is 53.8 Å². The highest BCUT2D eigenvalue weighted by molar-refractivity contribution is 6.16. The molecule has 118 valence electrons. The maximum Gasteiger partial charge on any atom is 0.330 e. The lowest BCUT2D eigenvalue weighted by Gasteiger charge is -2.32. The fourth-order valence-corrected chi connectivity index (χ4v) is 3.15. The number of likely N-dealkylation sites (tertiary alicyclic amines) is 1. The predicted octanol–water partition coefficient (Wildman–Crippen LogP) is 1.21. The molecule has 4 amide bonds. The first kappa shape index (κ1) is 15.9. The summed E-state index contributed by atoms with van der Waals surface area (Å²) in [6.07, 6.45) is 3.69. The highest BCUT2D eigenvalue weighted by atomic mass is 16.2. The quantitative estimate of drug-likeness (QED) is 0.748. The highest BCUT2D eigenvalue weighted by Gasteiger charge is 2.40. The van der Waals surface area contributed by atoms with Gasteiger partial charge in [-0.15, -0.1) is 0 Å². The largest absolute Gasteiger partial charge is 0.330 e. The van der Waals surface area contributed by atoms with Crippen LogP contribution in [0.5, 0.6) is 0 Å². The first-order valence-corrected chi connectivity index (χ1v) is 7.91. The number of imide groups is 2. The molecular formula is C15H25N3O3. The van der Waals surface area contributed by atoms with Gasteiger partial charge in [0.15, 0.2) is 0 Å². The molecule has 0 radical (unpaired) electrons. The molecule has 2 aliphatic heterocycles. The molecule has 0 aromatic rings. The molecule has 2 unspecified atom stereocenters. The number of hydrogen-bond donors (Lipinski definition) is 1. The molecular weight excluding hydrogens is 270 g/mol. The summed E-state index contributed by atoms with van der Waals surface area (Å²) in [5, 5.41) is 2.31. The van der Waals surface area contributed by atoms with Crippen molar-refractivity contribution in [2.75, 3.05) is 26.2 Å². The third-order valence-electron chi connectivity index (χ3n) is 4.20. The molecule has 2 saturated heterocycles. The number of carbonyl (C=O) groups excluding carboxylic acids is 3. The molecule has 0 aromatic carbocycles. The third kappa shape index (κ3) is 3.81. The number of carbonyl (C=O) groups is 3. The fourth-order valence-electron chi connectivity index (χ4n) is 3.15. The smallest absolute Gasteiger partial charge is 0.303 e. The maximum atomic E-state index is 12.3.